The van der Waals surface area contributed by atoms with Gasteiger partial charge in [0.2, 0.25) is 5.95 Å². The first-order chi connectivity index (χ1) is 6.79. The molecule has 0 bridgehead atoms. The monoisotopic (exact) mass is 193 g/mol. The summed E-state index contributed by atoms with van der Waals surface area (Å²) in [7, 11) is 1.94. The van der Waals surface area contributed by atoms with Crippen LogP contribution in [0.25, 0.3) is 0 Å². The van der Waals surface area contributed by atoms with Crippen molar-refractivity contribution in [3.63, 3.8) is 0 Å². The molecule has 0 saturated heterocycles. The van der Waals surface area contributed by atoms with Gasteiger partial charge < -0.3 is 10.0 Å². The first kappa shape index (κ1) is 9.40. The Hall–Kier alpha value is -1.16. The molecule has 4 nitrogen and oxygen atoms in total. The second-order valence-corrected chi connectivity index (χ2v) is 3.73. The normalized spacial score (nSPS) is 26.4. The fourth-order valence-corrected chi connectivity index (χ4v) is 1.99. The van der Waals surface area contributed by atoms with Crippen molar-refractivity contribution in [1.82, 2.24) is 9.97 Å². The van der Waals surface area contributed by atoms with E-state index in [-0.39, 0.29) is 12.1 Å². The van der Waals surface area contributed by atoms with Crippen LogP contribution in [0.4, 0.5) is 5.95 Å². The van der Waals surface area contributed by atoms with E-state index in [1.54, 1.807) is 18.5 Å². The van der Waals surface area contributed by atoms with E-state index in [9.17, 15) is 5.11 Å². The molecule has 0 aromatic carbocycles. The number of hydrogen-bond donors (Lipinski definition) is 1. The molecule has 76 valence electrons. The van der Waals surface area contributed by atoms with E-state index < -0.39 is 0 Å². The average molecular weight is 193 g/mol. The Morgan fingerprint density at radius 2 is 2.07 bits per heavy atom. The molecule has 1 fully saturated rings. The average Bonchev–Trinajstić information content (AvgIpc) is 2.65. The van der Waals surface area contributed by atoms with Gasteiger partial charge in [0, 0.05) is 19.4 Å². The third kappa shape index (κ3) is 1.70. The zero-order valence-corrected chi connectivity index (χ0v) is 8.30. The van der Waals surface area contributed by atoms with E-state index in [4.69, 9.17) is 0 Å². The molecule has 4 heteroatoms. The summed E-state index contributed by atoms with van der Waals surface area (Å²) in [5, 5.41) is 9.72. The highest BCUT2D eigenvalue weighted by Gasteiger charge is 2.29. The molecule has 0 aliphatic heterocycles. The highest BCUT2D eigenvalue weighted by atomic mass is 16.3. The van der Waals surface area contributed by atoms with Crippen LogP contribution in [0.1, 0.15) is 19.3 Å². The highest BCUT2D eigenvalue weighted by Crippen LogP contribution is 2.25. The summed E-state index contributed by atoms with van der Waals surface area (Å²) in [6.07, 6.45) is 6.21. The summed E-state index contributed by atoms with van der Waals surface area (Å²) < 4.78 is 0. The van der Waals surface area contributed by atoms with Gasteiger partial charge in [-0.2, -0.15) is 0 Å². The molecule has 0 radical (unpaired) electrons. The molecule has 0 spiro atoms. The molecular formula is C10H15N3O. The van der Waals surface area contributed by atoms with Crippen molar-refractivity contribution in [2.24, 2.45) is 0 Å². The third-order valence-corrected chi connectivity index (χ3v) is 2.81. The van der Waals surface area contributed by atoms with Gasteiger partial charge in [-0.15, -0.1) is 0 Å². The van der Waals surface area contributed by atoms with E-state index in [0.29, 0.717) is 5.95 Å². The summed E-state index contributed by atoms with van der Waals surface area (Å²) in [5.74, 6) is 0.693. The predicted octanol–water partition coefficient (Wildman–Crippen LogP) is 0.826. The number of nitrogens with zero attached hydrogens (tertiary/aromatic N) is 3. The minimum atomic E-state index is -0.233. The Labute approximate surface area is 83.6 Å². The highest BCUT2D eigenvalue weighted by molar-refractivity contribution is 5.29. The molecule has 1 heterocycles. The van der Waals surface area contributed by atoms with Crippen molar-refractivity contribution < 1.29 is 5.11 Å². The zero-order chi connectivity index (χ0) is 9.97. The molecule has 1 aliphatic rings. The van der Waals surface area contributed by atoms with Crippen molar-refractivity contribution in [3.8, 4) is 0 Å². The van der Waals surface area contributed by atoms with Gasteiger partial charge in [-0.3, -0.25) is 0 Å². The number of aliphatic hydroxyl groups excluding tert-OH is 1. The van der Waals surface area contributed by atoms with Gasteiger partial charge in [0.1, 0.15) is 0 Å². The second kappa shape index (κ2) is 3.92. The van der Waals surface area contributed by atoms with Gasteiger partial charge >= 0.3 is 0 Å². The number of anilines is 1. The number of rotatable bonds is 2. The van der Waals surface area contributed by atoms with Gasteiger partial charge in [0.05, 0.1) is 12.1 Å². The molecule has 2 unspecified atom stereocenters. The molecule has 1 aliphatic carbocycles. The topological polar surface area (TPSA) is 49.2 Å². The Bertz CT molecular complexity index is 291. The number of aromatic nitrogens is 2. The predicted molar refractivity (Wildman–Crippen MR) is 54.1 cm³/mol. The first-order valence-corrected chi connectivity index (χ1v) is 4.97. The molecule has 14 heavy (non-hydrogen) atoms. The molecule has 0 amide bonds. The summed E-state index contributed by atoms with van der Waals surface area (Å²) in [4.78, 5) is 10.3. The van der Waals surface area contributed by atoms with Crippen LogP contribution < -0.4 is 4.90 Å². The number of hydrogen-bond acceptors (Lipinski definition) is 4. The van der Waals surface area contributed by atoms with E-state index in [2.05, 4.69) is 9.97 Å². The van der Waals surface area contributed by atoms with Gasteiger partial charge in [0.15, 0.2) is 0 Å². The van der Waals surface area contributed by atoms with Gasteiger partial charge in [0.25, 0.3) is 0 Å². The minimum absolute atomic E-state index is 0.178. The molecule has 1 saturated carbocycles. The first-order valence-electron chi connectivity index (χ1n) is 4.97. The molecule has 1 N–H and O–H groups in total. The lowest BCUT2D eigenvalue weighted by Gasteiger charge is -2.26. The van der Waals surface area contributed by atoms with Crippen molar-refractivity contribution in [1.29, 1.82) is 0 Å². The maximum absolute atomic E-state index is 9.72. The minimum Gasteiger partial charge on any atom is -0.391 e. The third-order valence-electron chi connectivity index (χ3n) is 2.81. The van der Waals surface area contributed by atoms with Crippen LogP contribution in [-0.2, 0) is 0 Å². The van der Waals surface area contributed by atoms with Crippen LogP contribution in [0, 0.1) is 0 Å². The van der Waals surface area contributed by atoms with Crippen molar-refractivity contribution >= 4 is 5.95 Å². The van der Waals surface area contributed by atoms with Crippen molar-refractivity contribution in [3.05, 3.63) is 18.5 Å². The van der Waals surface area contributed by atoms with Gasteiger partial charge in [-0.05, 0) is 25.3 Å². The maximum atomic E-state index is 9.72. The Kier molecular flexibility index (Phi) is 2.63. The van der Waals surface area contributed by atoms with E-state index in [0.717, 1.165) is 19.3 Å². The van der Waals surface area contributed by atoms with E-state index >= 15 is 0 Å². The van der Waals surface area contributed by atoms with Crippen LogP contribution in [0.5, 0.6) is 0 Å². The number of aliphatic hydroxyl groups is 1. The van der Waals surface area contributed by atoms with Crippen LogP contribution in [0.15, 0.2) is 18.5 Å². The molecule has 2 atom stereocenters. The summed E-state index contributed by atoms with van der Waals surface area (Å²) in [5.41, 5.74) is 0. The Morgan fingerprint density at radius 3 is 2.64 bits per heavy atom. The SMILES string of the molecule is CN(c1ncccn1)C1CCCC1O. The van der Waals surface area contributed by atoms with Gasteiger partial charge in [-0.25, -0.2) is 9.97 Å². The quantitative estimate of drug-likeness (QED) is 0.755. The summed E-state index contributed by atoms with van der Waals surface area (Å²) in [6.45, 7) is 0. The molecule has 2 rings (SSSR count). The van der Waals surface area contributed by atoms with Crippen LogP contribution in [-0.4, -0.2) is 34.3 Å². The lowest BCUT2D eigenvalue weighted by molar-refractivity contribution is 0.162. The van der Waals surface area contributed by atoms with Crippen molar-refractivity contribution in [2.75, 3.05) is 11.9 Å². The molecule has 1 aromatic rings. The van der Waals surface area contributed by atoms with E-state index in [1.807, 2.05) is 11.9 Å². The van der Waals surface area contributed by atoms with Crippen LogP contribution in [0.2, 0.25) is 0 Å². The lowest BCUT2D eigenvalue weighted by atomic mass is 10.2. The fourth-order valence-electron chi connectivity index (χ4n) is 1.99. The van der Waals surface area contributed by atoms with E-state index in [1.165, 1.54) is 0 Å². The maximum Gasteiger partial charge on any atom is 0.225 e. The molecule has 1 aromatic heterocycles. The standard InChI is InChI=1S/C10H15N3O/c1-13(8-4-2-5-9(8)14)10-11-6-3-7-12-10/h3,6-9,14H,2,4-5H2,1H3. The Morgan fingerprint density at radius 1 is 1.36 bits per heavy atom. The van der Waals surface area contributed by atoms with Crippen LogP contribution in [0.3, 0.4) is 0 Å². The van der Waals surface area contributed by atoms with Gasteiger partial charge in [-0.1, -0.05) is 0 Å². The summed E-state index contributed by atoms with van der Waals surface area (Å²) >= 11 is 0. The molecular weight excluding hydrogens is 178 g/mol. The lowest BCUT2D eigenvalue weighted by Crippen LogP contribution is -2.38. The smallest absolute Gasteiger partial charge is 0.225 e. The number of likely N-dealkylation sites (N-methyl/N-ethyl adjacent to an activating group) is 1. The zero-order valence-electron chi connectivity index (χ0n) is 8.30. The van der Waals surface area contributed by atoms with Crippen LogP contribution >= 0.6 is 0 Å². The Balaban J connectivity index is 2.12. The second-order valence-electron chi connectivity index (χ2n) is 3.73. The largest absolute Gasteiger partial charge is 0.391 e. The fraction of sp³-hybridized carbons (Fsp3) is 0.600. The summed E-state index contributed by atoms with van der Waals surface area (Å²) in [6, 6.07) is 1.97. The van der Waals surface area contributed by atoms with Crippen molar-refractivity contribution in [2.45, 2.75) is 31.4 Å².